The van der Waals surface area contributed by atoms with Crippen molar-refractivity contribution in [2.45, 2.75) is 202 Å². The summed E-state index contributed by atoms with van der Waals surface area (Å²) >= 11 is 0. The standard InChI is InChI=1S/C9H14O.2C6H10O.C4H4O2.C4H6O2.12CH4/c1-6-4-5-7(2)9(10)8(6)3;7-6-4-2-1-3-5-6;1-5(2)4-6(3)7;5-3-1-4(6)2-3;1-3(5)4(2)6;;;;;;;;;;;;/h7H,4-5H2,1-3H3;1-5H2;4H,1-3H3;1-2H2;1-2H3;12*1H4. The summed E-state index contributed by atoms with van der Waals surface area (Å²) in [6, 6.07) is 0. The van der Waals surface area contributed by atoms with Gasteiger partial charge in [-0.05, 0) is 72.0 Å². The lowest BCUT2D eigenvalue weighted by Crippen LogP contribution is -2.21. The van der Waals surface area contributed by atoms with Gasteiger partial charge in [-0.25, -0.2) is 0 Å². The average molecular weight is 697 g/mol. The highest BCUT2D eigenvalue weighted by Crippen LogP contribution is 2.25. The van der Waals surface area contributed by atoms with Gasteiger partial charge < -0.3 is 0 Å². The van der Waals surface area contributed by atoms with E-state index in [0.717, 1.165) is 49.7 Å². The van der Waals surface area contributed by atoms with Crippen LogP contribution in [0.3, 0.4) is 0 Å². The fraction of sp³-hybridized carbons (Fsp3) is 0.732. The Morgan fingerprint density at radius 3 is 1.02 bits per heavy atom. The van der Waals surface area contributed by atoms with E-state index in [1.165, 1.54) is 25.8 Å². The van der Waals surface area contributed by atoms with E-state index >= 15 is 0 Å². The first-order valence-electron chi connectivity index (χ1n) is 12.5. The second kappa shape index (κ2) is 51.0. The number of allylic oxidation sites excluding steroid dienone is 4. The summed E-state index contributed by atoms with van der Waals surface area (Å²) in [6.45, 7) is 13.9. The number of Topliss-reactive ketones (excluding diaryl/α,β-unsaturated/α-hetero) is 6. The van der Waals surface area contributed by atoms with Crippen LogP contribution < -0.4 is 0 Å². The summed E-state index contributed by atoms with van der Waals surface area (Å²) in [7, 11) is 0. The Labute approximate surface area is 304 Å². The normalized spacial score (nSPS) is 13.7. The second-order valence-corrected chi connectivity index (χ2v) is 9.68. The van der Waals surface area contributed by atoms with Crippen molar-refractivity contribution >= 4 is 40.5 Å². The first-order valence-corrected chi connectivity index (χ1v) is 12.5. The molecule has 3 rings (SSSR count). The van der Waals surface area contributed by atoms with Gasteiger partial charge in [-0.15, -0.1) is 0 Å². The largest absolute Gasteiger partial charge is 0.300 e. The van der Waals surface area contributed by atoms with Crippen molar-refractivity contribution in [3.05, 3.63) is 22.8 Å². The lowest BCUT2D eigenvalue weighted by molar-refractivity contribution is -0.137. The van der Waals surface area contributed by atoms with Crippen LogP contribution in [-0.2, 0) is 33.6 Å². The molecular weight excluding hydrogens is 604 g/mol. The smallest absolute Gasteiger partial charge is 0.195 e. The first-order chi connectivity index (χ1) is 16.6. The molecule has 0 N–H and O–H groups in total. The van der Waals surface area contributed by atoms with Gasteiger partial charge in [0.15, 0.2) is 23.1 Å². The van der Waals surface area contributed by atoms with Gasteiger partial charge >= 0.3 is 0 Å². The third kappa shape index (κ3) is 52.7. The van der Waals surface area contributed by atoms with E-state index in [1.54, 1.807) is 13.0 Å². The summed E-state index contributed by atoms with van der Waals surface area (Å²) in [5, 5.41) is 0. The number of rotatable bonds is 2. The molecule has 2 saturated carbocycles. The quantitative estimate of drug-likeness (QED) is 0.160. The number of ketones is 7. The highest BCUT2D eigenvalue weighted by atomic mass is 16.2. The molecule has 1 unspecified atom stereocenters. The average Bonchev–Trinajstić information content (AvgIpc) is 2.75. The molecule has 2 fully saturated rings. The van der Waals surface area contributed by atoms with E-state index in [4.69, 9.17) is 0 Å². The van der Waals surface area contributed by atoms with Crippen molar-refractivity contribution in [1.29, 1.82) is 0 Å². The molecule has 7 heteroatoms. The van der Waals surface area contributed by atoms with Gasteiger partial charge in [0, 0.05) is 32.6 Å². The fourth-order valence-electron chi connectivity index (χ4n) is 3.07. The van der Waals surface area contributed by atoms with Crippen LogP contribution >= 0.6 is 0 Å². The maximum Gasteiger partial charge on any atom is 0.195 e. The molecule has 48 heavy (non-hydrogen) atoms. The van der Waals surface area contributed by atoms with Crippen LogP contribution in [0.15, 0.2) is 22.8 Å². The monoisotopic (exact) mass is 697 g/mol. The Kier molecular flexibility index (Phi) is 96.4. The molecule has 0 spiro atoms. The number of carbonyl (C=O) groups is 7. The van der Waals surface area contributed by atoms with Gasteiger partial charge in [0.25, 0.3) is 0 Å². The van der Waals surface area contributed by atoms with Gasteiger partial charge in [0.2, 0.25) is 0 Å². The van der Waals surface area contributed by atoms with Gasteiger partial charge in [0.05, 0.1) is 12.8 Å². The van der Waals surface area contributed by atoms with Crippen molar-refractivity contribution in [3.63, 3.8) is 0 Å². The van der Waals surface area contributed by atoms with Crippen LogP contribution in [0.5, 0.6) is 0 Å². The van der Waals surface area contributed by atoms with E-state index in [-0.39, 0.29) is 137 Å². The third-order valence-electron chi connectivity index (χ3n) is 5.60. The Morgan fingerprint density at radius 2 is 0.875 bits per heavy atom. The molecule has 0 aromatic rings. The van der Waals surface area contributed by atoms with Crippen LogP contribution in [0, 0.1) is 5.92 Å². The highest BCUT2D eigenvalue weighted by Gasteiger charge is 2.22. The number of hydrogen-bond donors (Lipinski definition) is 0. The molecule has 298 valence electrons. The van der Waals surface area contributed by atoms with Crippen LogP contribution in [0.4, 0.5) is 0 Å². The van der Waals surface area contributed by atoms with Crippen LogP contribution in [-0.4, -0.2) is 40.5 Å². The summed E-state index contributed by atoms with van der Waals surface area (Å²) in [4.78, 5) is 71.3. The molecule has 0 aromatic heterocycles. The topological polar surface area (TPSA) is 119 Å². The molecule has 1 atom stereocenters. The van der Waals surface area contributed by atoms with E-state index in [1.807, 2.05) is 27.7 Å². The van der Waals surface area contributed by atoms with E-state index in [0.29, 0.717) is 11.6 Å². The van der Waals surface area contributed by atoms with Gasteiger partial charge in [-0.3, -0.25) is 33.6 Å². The molecule has 0 radical (unpaired) electrons. The van der Waals surface area contributed by atoms with Crippen molar-refractivity contribution in [1.82, 2.24) is 0 Å². The third-order valence-corrected chi connectivity index (χ3v) is 5.60. The molecule has 0 heterocycles. The molecule has 3 aliphatic carbocycles. The fourth-order valence-corrected chi connectivity index (χ4v) is 3.07. The number of hydrogen-bond acceptors (Lipinski definition) is 7. The molecule has 0 saturated heterocycles. The Balaban J connectivity index is -0.0000000239. The molecule has 0 amide bonds. The molecule has 0 bridgehead atoms. The van der Waals surface area contributed by atoms with E-state index in [9.17, 15) is 33.6 Å². The lowest BCUT2D eigenvalue weighted by atomic mass is 9.85. The van der Waals surface area contributed by atoms with Crippen LogP contribution in [0.25, 0.3) is 0 Å². The van der Waals surface area contributed by atoms with Crippen molar-refractivity contribution in [3.8, 4) is 0 Å². The highest BCUT2D eigenvalue weighted by molar-refractivity contribution is 6.35. The summed E-state index contributed by atoms with van der Waals surface area (Å²) in [6.07, 6.45) is 9.39. The van der Waals surface area contributed by atoms with E-state index in [2.05, 4.69) is 6.92 Å². The van der Waals surface area contributed by atoms with Crippen LogP contribution in [0.2, 0.25) is 0 Å². The predicted molar refractivity (Wildman–Crippen MR) is 221 cm³/mol. The minimum absolute atomic E-state index is 0. The van der Waals surface area contributed by atoms with Gasteiger partial charge in [-0.2, -0.15) is 0 Å². The minimum atomic E-state index is -0.380. The van der Waals surface area contributed by atoms with Crippen molar-refractivity contribution < 1.29 is 33.6 Å². The summed E-state index contributed by atoms with van der Waals surface area (Å²) < 4.78 is 0. The molecule has 7 nitrogen and oxygen atoms in total. The second-order valence-electron chi connectivity index (χ2n) is 9.68. The van der Waals surface area contributed by atoms with Gasteiger partial charge in [-0.1, -0.05) is 114 Å². The summed E-state index contributed by atoms with van der Waals surface area (Å²) in [5.74, 6) is 0.615. The zero-order valence-electron chi connectivity index (χ0n) is 23.4. The number of carbonyl (C=O) groups excluding carboxylic acids is 7. The molecule has 0 aromatic carbocycles. The van der Waals surface area contributed by atoms with Crippen molar-refractivity contribution in [2.75, 3.05) is 0 Å². The predicted octanol–water partition coefficient (Wildman–Crippen LogP) is 13.1. The Morgan fingerprint density at radius 1 is 0.542 bits per heavy atom. The van der Waals surface area contributed by atoms with Gasteiger partial charge in [0.1, 0.15) is 17.3 Å². The molecule has 0 aliphatic heterocycles. The Hall–Kier alpha value is -2.83. The first kappa shape index (κ1) is 90.7. The van der Waals surface area contributed by atoms with Crippen LogP contribution in [0.1, 0.15) is 202 Å². The zero-order valence-corrected chi connectivity index (χ0v) is 23.4. The van der Waals surface area contributed by atoms with Crippen molar-refractivity contribution in [2.24, 2.45) is 5.92 Å². The maximum absolute atomic E-state index is 11.3. The SMILES string of the molecule is C.C.C.C.C.C.C.C.C.C.C.C.CC(=O)C(C)=O.CC(=O)C=C(C)C.CC1=C(C)C(=O)C(C)CC1.O=C1CC(=O)C1.O=C1CCCCC1. The molecular formula is C41H92O7. The minimum Gasteiger partial charge on any atom is -0.300 e. The zero-order chi connectivity index (χ0) is 28.4. The maximum atomic E-state index is 11.3. The van der Waals surface area contributed by atoms with E-state index < -0.39 is 0 Å². The summed E-state index contributed by atoms with van der Waals surface area (Å²) in [5.41, 5.74) is 3.34. The Bertz CT molecular complexity index is 844. The lowest BCUT2D eigenvalue weighted by Gasteiger charge is -2.18. The molecule has 3 aliphatic rings.